The van der Waals surface area contributed by atoms with Gasteiger partial charge in [-0.15, -0.1) is 0 Å². The summed E-state index contributed by atoms with van der Waals surface area (Å²) in [5.41, 5.74) is 0. The highest BCUT2D eigenvalue weighted by atomic mass is 16.3. The maximum Gasteiger partial charge on any atom is 0.324 e. The number of carbonyl (C=O) groups is 2. The van der Waals surface area contributed by atoms with Gasteiger partial charge in [0.05, 0.1) is 19.2 Å². The van der Waals surface area contributed by atoms with E-state index in [2.05, 4.69) is 5.32 Å². The molecule has 1 fully saturated rings. The number of β-amino-alcohol motifs (C(OH)–C–C–N with tert-alkyl or cyclic N) is 1. The molecule has 2 N–H and O–H groups in total. The predicted octanol–water partition coefficient (Wildman–Crippen LogP) is -1.08. The van der Waals surface area contributed by atoms with Gasteiger partial charge in [-0.1, -0.05) is 0 Å². The molecule has 1 rings (SSSR count). The Morgan fingerprint density at radius 1 is 1.73 bits per heavy atom. The molecule has 3 amide bonds. The van der Waals surface area contributed by atoms with Crippen LogP contribution in [0.5, 0.6) is 0 Å². The van der Waals surface area contributed by atoms with Crippen molar-refractivity contribution in [2.24, 2.45) is 0 Å². The second-order valence-corrected chi connectivity index (χ2v) is 2.51. The molecule has 1 unspecified atom stereocenters. The zero-order valence-corrected chi connectivity index (χ0v) is 6.20. The van der Waals surface area contributed by atoms with E-state index in [1.807, 2.05) is 0 Å². The van der Waals surface area contributed by atoms with Crippen LogP contribution in [0.25, 0.3) is 0 Å². The lowest BCUT2D eigenvalue weighted by atomic mass is 10.4. The molecule has 0 bridgehead atoms. The Balaban J connectivity index is 2.55. The van der Waals surface area contributed by atoms with Crippen molar-refractivity contribution in [1.29, 1.82) is 0 Å². The smallest absolute Gasteiger partial charge is 0.324 e. The highest BCUT2D eigenvalue weighted by Crippen LogP contribution is 1.99. The van der Waals surface area contributed by atoms with Crippen molar-refractivity contribution in [1.82, 2.24) is 10.2 Å². The van der Waals surface area contributed by atoms with E-state index in [4.69, 9.17) is 5.11 Å². The Labute approximate surface area is 64.0 Å². The van der Waals surface area contributed by atoms with Crippen LogP contribution in [0.4, 0.5) is 4.79 Å². The van der Waals surface area contributed by atoms with Crippen molar-refractivity contribution >= 4 is 11.9 Å². The summed E-state index contributed by atoms with van der Waals surface area (Å²) in [6.07, 6.45) is -0.664. The van der Waals surface area contributed by atoms with Crippen LogP contribution in [0.2, 0.25) is 0 Å². The first-order valence-corrected chi connectivity index (χ1v) is 3.37. The first-order valence-electron chi connectivity index (χ1n) is 3.37. The molecule has 0 aliphatic carbocycles. The molecule has 5 nitrogen and oxygen atoms in total. The van der Waals surface area contributed by atoms with Crippen molar-refractivity contribution < 1.29 is 14.7 Å². The molecular formula is C6H10N2O3. The Hall–Kier alpha value is -1.10. The lowest BCUT2D eigenvalue weighted by Gasteiger charge is -2.13. The lowest BCUT2D eigenvalue weighted by molar-refractivity contribution is -0.125. The number of hydrogen-bond acceptors (Lipinski definition) is 3. The van der Waals surface area contributed by atoms with Gasteiger partial charge in [-0.25, -0.2) is 4.79 Å². The van der Waals surface area contributed by atoms with E-state index in [1.54, 1.807) is 0 Å². The van der Waals surface area contributed by atoms with Crippen molar-refractivity contribution in [3.05, 3.63) is 0 Å². The standard InChI is InChI=1S/C6H10N2O3/c1-4(9)3-8-5(10)2-7-6(8)11/h4,9H,2-3H2,1H3,(H,7,11). The number of amides is 3. The summed E-state index contributed by atoms with van der Waals surface area (Å²) in [4.78, 5) is 22.7. The lowest BCUT2D eigenvalue weighted by Crippen LogP contribution is -2.36. The zero-order chi connectivity index (χ0) is 8.43. The third kappa shape index (κ3) is 1.68. The number of urea groups is 1. The Bertz CT molecular complexity index is 174. The summed E-state index contributed by atoms with van der Waals surface area (Å²) in [6, 6.07) is -0.420. The average molecular weight is 158 g/mol. The largest absolute Gasteiger partial charge is 0.392 e. The second-order valence-electron chi connectivity index (χ2n) is 2.51. The van der Waals surface area contributed by atoms with Crippen LogP contribution in [0.1, 0.15) is 6.92 Å². The molecule has 0 aromatic heterocycles. The van der Waals surface area contributed by atoms with Crippen LogP contribution < -0.4 is 5.32 Å². The van der Waals surface area contributed by atoms with Crippen molar-refractivity contribution in [2.75, 3.05) is 13.1 Å². The van der Waals surface area contributed by atoms with Gasteiger partial charge in [-0.05, 0) is 6.92 Å². The topological polar surface area (TPSA) is 69.6 Å². The van der Waals surface area contributed by atoms with Gasteiger partial charge in [-0.3, -0.25) is 9.69 Å². The minimum Gasteiger partial charge on any atom is -0.392 e. The summed E-state index contributed by atoms with van der Waals surface area (Å²) >= 11 is 0. The molecule has 5 heteroatoms. The Morgan fingerprint density at radius 2 is 2.36 bits per heavy atom. The van der Waals surface area contributed by atoms with E-state index < -0.39 is 12.1 Å². The molecule has 0 aromatic carbocycles. The van der Waals surface area contributed by atoms with Crippen LogP contribution >= 0.6 is 0 Å². The summed E-state index contributed by atoms with van der Waals surface area (Å²) in [5.74, 6) is -0.282. The van der Waals surface area contributed by atoms with Crippen LogP contribution in [0.3, 0.4) is 0 Å². The van der Waals surface area contributed by atoms with Crippen molar-refractivity contribution in [3.63, 3.8) is 0 Å². The summed E-state index contributed by atoms with van der Waals surface area (Å²) in [6.45, 7) is 1.65. The molecule has 0 spiro atoms. The van der Waals surface area contributed by atoms with E-state index in [1.165, 1.54) is 6.92 Å². The molecule has 1 saturated heterocycles. The maximum atomic E-state index is 10.9. The molecular weight excluding hydrogens is 148 g/mol. The molecule has 1 aliphatic rings. The van der Waals surface area contributed by atoms with Gasteiger partial charge in [0.2, 0.25) is 5.91 Å². The minimum atomic E-state index is -0.664. The van der Waals surface area contributed by atoms with Crippen molar-refractivity contribution in [3.8, 4) is 0 Å². The number of rotatable bonds is 2. The fourth-order valence-corrected chi connectivity index (χ4v) is 0.904. The highest BCUT2D eigenvalue weighted by molar-refractivity contribution is 6.01. The highest BCUT2D eigenvalue weighted by Gasteiger charge is 2.28. The number of nitrogens with zero attached hydrogens (tertiary/aromatic N) is 1. The van der Waals surface area contributed by atoms with Gasteiger partial charge in [0.15, 0.2) is 0 Å². The number of aliphatic hydroxyl groups is 1. The second kappa shape index (κ2) is 2.87. The third-order valence-corrected chi connectivity index (χ3v) is 1.38. The summed E-state index contributed by atoms with van der Waals surface area (Å²) < 4.78 is 0. The summed E-state index contributed by atoms with van der Waals surface area (Å²) in [7, 11) is 0. The number of nitrogens with one attached hydrogen (secondary N) is 1. The Morgan fingerprint density at radius 3 is 2.73 bits per heavy atom. The number of hydrogen-bond donors (Lipinski definition) is 2. The fourth-order valence-electron chi connectivity index (χ4n) is 0.904. The molecule has 62 valence electrons. The van der Waals surface area contributed by atoms with Gasteiger partial charge in [0.1, 0.15) is 0 Å². The van der Waals surface area contributed by atoms with E-state index in [9.17, 15) is 9.59 Å². The zero-order valence-electron chi connectivity index (χ0n) is 6.20. The van der Waals surface area contributed by atoms with Gasteiger partial charge in [0.25, 0.3) is 0 Å². The molecule has 11 heavy (non-hydrogen) atoms. The Kier molecular flexibility index (Phi) is 2.09. The SMILES string of the molecule is CC(O)CN1C(=O)CNC1=O. The number of aliphatic hydroxyl groups excluding tert-OH is 1. The first-order chi connectivity index (χ1) is 5.11. The fraction of sp³-hybridized carbons (Fsp3) is 0.667. The third-order valence-electron chi connectivity index (χ3n) is 1.38. The first kappa shape index (κ1) is 8.00. The van der Waals surface area contributed by atoms with E-state index in [-0.39, 0.29) is 19.0 Å². The van der Waals surface area contributed by atoms with Gasteiger partial charge >= 0.3 is 6.03 Å². The van der Waals surface area contributed by atoms with Crippen LogP contribution in [0.15, 0.2) is 0 Å². The average Bonchev–Trinajstić information content (AvgIpc) is 2.18. The quantitative estimate of drug-likeness (QED) is 0.502. The maximum absolute atomic E-state index is 10.9. The molecule has 1 aliphatic heterocycles. The number of imide groups is 1. The van der Waals surface area contributed by atoms with E-state index in [0.717, 1.165) is 4.90 Å². The summed E-state index contributed by atoms with van der Waals surface area (Å²) in [5, 5.41) is 11.2. The normalized spacial score (nSPS) is 20.4. The predicted molar refractivity (Wildman–Crippen MR) is 36.8 cm³/mol. The van der Waals surface area contributed by atoms with Gasteiger partial charge in [-0.2, -0.15) is 0 Å². The molecule has 1 heterocycles. The van der Waals surface area contributed by atoms with E-state index >= 15 is 0 Å². The van der Waals surface area contributed by atoms with Crippen LogP contribution in [-0.4, -0.2) is 41.1 Å². The molecule has 1 atom stereocenters. The van der Waals surface area contributed by atoms with E-state index in [0.29, 0.717) is 0 Å². The van der Waals surface area contributed by atoms with Crippen molar-refractivity contribution in [2.45, 2.75) is 13.0 Å². The molecule has 0 aromatic rings. The number of carbonyl (C=O) groups excluding carboxylic acids is 2. The van der Waals surface area contributed by atoms with Gasteiger partial charge in [0, 0.05) is 0 Å². The van der Waals surface area contributed by atoms with Crippen LogP contribution in [0, 0.1) is 0 Å². The molecule has 0 saturated carbocycles. The van der Waals surface area contributed by atoms with Gasteiger partial charge < -0.3 is 10.4 Å². The molecule has 0 radical (unpaired) electrons. The minimum absolute atomic E-state index is 0.0472. The van der Waals surface area contributed by atoms with Crippen LogP contribution in [-0.2, 0) is 4.79 Å². The monoisotopic (exact) mass is 158 g/mol.